The van der Waals surface area contributed by atoms with E-state index < -0.39 is 36.0 Å². The molecule has 76 valence electrons. The lowest BCUT2D eigenvalue weighted by atomic mass is 9.92. The van der Waals surface area contributed by atoms with Crippen LogP contribution >= 0.6 is 0 Å². The normalized spacial score (nSPS) is 37.9. The first-order chi connectivity index (χ1) is 8.78. The van der Waals surface area contributed by atoms with Crippen molar-refractivity contribution in [2.45, 2.75) is 25.8 Å². The number of benzene rings is 1. The summed E-state index contributed by atoms with van der Waals surface area (Å²) in [5, 5.41) is 2.95. The Morgan fingerprint density at radius 3 is 2.71 bits per heavy atom. The minimum absolute atomic E-state index is 0.0594. The summed E-state index contributed by atoms with van der Waals surface area (Å²) < 4.78 is 52.4. The van der Waals surface area contributed by atoms with E-state index >= 15 is 0 Å². The maximum atomic E-state index is 13.5. The van der Waals surface area contributed by atoms with Gasteiger partial charge in [-0.15, -0.1) is 0 Å². The highest BCUT2D eigenvalue weighted by molar-refractivity contribution is 5.20. The Balaban J connectivity index is 2.57. The molecule has 0 aliphatic carbocycles. The summed E-state index contributed by atoms with van der Waals surface area (Å²) in [6, 6.07) is -3.71. The van der Waals surface area contributed by atoms with E-state index in [4.69, 9.17) is 6.85 Å². The third-order valence-electron chi connectivity index (χ3n) is 2.45. The molecule has 1 saturated heterocycles. The van der Waals surface area contributed by atoms with Gasteiger partial charge in [0.25, 0.3) is 0 Å². The molecular formula is C12H16FN. The molecular weight excluding hydrogens is 177 g/mol. The van der Waals surface area contributed by atoms with Crippen molar-refractivity contribution in [1.82, 2.24) is 5.32 Å². The SMILES string of the molecule is [2H]c1c([2H])c(C2([2H])CCC(C)CN2)c([2H])c([2H])c1F. The number of halogens is 1. The maximum absolute atomic E-state index is 13.5. The molecule has 1 aliphatic rings. The van der Waals surface area contributed by atoms with E-state index in [9.17, 15) is 4.39 Å². The lowest BCUT2D eigenvalue weighted by Gasteiger charge is -2.28. The summed E-state index contributed by atoms with van der Waals surface area (Å²) in [5.41, 5.74) is -0.0594. The van der Waals surface area contributed by atoms with Crippen LogP contribution in [0.1, 0.15) is 38.2 Å². The van der Waals surface area contributed by atoms with Crippen LogP contribution in [-0.4, -0.2) is 6.54 Å². The van der Waals surface area contributed by atoms with Gasteiger partial charge in [0.2, 0.25) is 0 Å². The first-order valence-electron chi connectivity index (χ1n) is 7.29. The molecule has 1 N–H and O–H groups in total. The van der Waals surface area contributed by atoms with Crippen molar-refractivity contribution in [3.05, 3.63) is 35.6 Å². The van der Waals surface area contributed by atoms with Gasteiger partial charge in [-0.2, -0.15) is 0 Å². The third-order valence-corrected chi connectivity index (χ3v) is 2.45. The first-order valence-corrected chi connectivity index (χ1v) is 4.79. The number of piperidine rings is 1. The monoisotopic (exact) mass is 198 g/mol. The van der Waals surface area contributed by atoms with Crippen molar-refractivity contribution >= 4 is 0 Å². The standard InChI is InChI=1S/C12H16FN/c1-9-2-7-12(14-8-9)10-3-5-11(13)6-4-10/h3-6,9,12,14H,2,7-8H2,1H3/i3D,4D,5D,6D,12D. The summed E-state index contributed by atoms with van der Waals surface area (Å²) in [4.78, 5) is 0. The molecule has 14 heavy (non-hydrogen) atoms. The lowest BCUT2D eigenvalue weighted by Crippen LogP contribution is -2.31. The Hall–Kier alpha value is -0.890. The Morgan fingerprint density at radius 1 is 1.43 bits per heavy atom. The van der Waals surface area contributed by atoms with Crippen LogP contribution in [0.5, 0.6) is 0 Å². The number of rotatable bonds is 1. The third kappa shape index (κ3) is 2.13. The second kappa shape index (κ2) is 4.09. The van der Waals surface area contributed by atoms with Crippen LogP contribution in [0, 0.1) is 11.7 Å². The fraction of sp³-hybridized carbons (Fsp3) is 0.500. The minimum Gasteiger partial charge on any atom is -0.310 e. The minimum atomic E-state index is -1.38. The number of hydrogen-bond donors (Lipinski definition) is 1. The number of hydrogen-bond acceptors (Lipinski definition) is 1. The quantitative estimate of drug-likeness (QED) is 0.731. The van der Waals surface area contributed by atoms with Crippen molar-refractivity contribution in [2.24, 2.45) is 5.92 Å². The van der Waals surface area contributed by atoms with E-state index in [1.54, 1.807) is 0 Å². The highest BCUT2D eigenvalue weighted by atomic mass is 19.1. The van der Waals surface area contributed by atoms with Gasteiger partial charge in [0, 0.05) is 6.02 Å². The fourth-order valence-corrected chi connectivity index (χ4v) is 1.54. The molecule has 0 radical (unpaired) electrons. The summed E-state index contributed by atoms with van der Waals surface area (Å²) in [6.07, 6.45) is 1.14. The van der Waals surface area contributed by atoms with E-state index in [0.717, 1.165) is 6.42 Å². The highest BCUT2D eigenvalue weighted by Crippen LogP contribution is 2.25. The van der Waals surface area contributed by atoms with Crippen molar-refractivity contribution in [1.29, 1.82) is 0 Å². The lowest BCUT2D eigenvalue weighted by molar-refractivity contribution is 0.333. The molecule has 1 aromatic rings. The van der Waals surface area contributed by atoms with Crippen LogP contribution in [0.4, 0.5) is 4.39 Å². The second-order valence-electron chi connectivity index (χ2n) is 3.69. The molecule has 2 atom stereocenters. The molecule has 0 amide bonds. The summed E-state index contributed by atoms with van der Waals surface area (Å²) in [6.45, 7) is 2.60. The topological polar surface area (TPSA) is 12.0 Å². The summed E-state index contributed by atoms with van der Waals surface area (Å²) >= 11 is 0. The predicted molar refractivity (Wildman–Crippen MR) is 55.5 cm³/mol. The first kappa shape index (κ1) is 5.26. The summed E-state index contributed by atoms with van der Waals surface area (Å²) in [5.74, 6) is -0.764. The maximum Gasteiger partial charge on any atom is 0.123 e. The molecule has 0 saturated carbocycles. The van der Waals surface area contributed by atoms with Crippen molar-refractivity contribution in [3.63, 3.8) is 0 Å². The summed E-state index contributed by atoms with van der Waals surface area (Å²) in [7, 11) is 0. The van der Waals surface area contributed by atoms with E-state index in [1.165, 1.54) is 0 Å². The van der Waals surface area contributed by atoms with Crippen molar-refractivity contribution < 1.29 is 11.2 Å². The second-order valence-corrected chi connectivity index (χ2v) is 3.69. The molecule has 1 aliphatic heterocycles. The Bertz CT molecular complexity index is 482. The van der Waals surface area contributed by atoms with Gasteiger partial charge in [0.1, 0.15) is 5.82 Å². The van der Waals surface area contributed by atoms with Gasteiger partial charge in [0.15, 0.2) is 0 Å². The molecule has 2 heteroatoms. The van der Waals surface area contributed by atoms with Crippen LogP contribution in [0.25, 0.3) is 0 Å². The Morgan fingerprint density at radius 2 is 2.14 bits per heavy atom. The van der Waals surface area contributed by atoms with Crippen LogP contribution in [0.15, 0.2) is 24.2 Å². The van der Waals surface area contributed by atoms with Gasteiger partial charge >= 0.3 is 0 Å². The smallest absolute Gasteiger partial charge is 0.123 e. The largest absolute Gasteiger partial charge is 0.310 e. The van der Waals surface area contributed by atoms with E-state index in [1.807, 2.05) is 6.92 Å². The molecule has 2 unspecified atom stereocenters. The van der Waals surface area contributed by atoms with Crippen molar-refractivity contribution in [2.75, 3.05) is 6.54 Å². The van der Waals surface area contributed by atoms with Crippen LogP contribution < -0.4 is 5.32 Å². The predicted octanol–water partition coefficient (Wildman–Crippen LogP) is 2.89. The molecule has 0 spiro atoms. The van der Waals surface area contributed by atoms with Crippen LogP contribution in [0.3, 0.4) is 0 Å². The van der Waals surface area contributed by atoms with E-state index in [0.29, 0.717) is 18.9 Å². The highest BCUT2D eigenvalue weighted by Gasteiger charge is 2.18. The molecule has 0 bridgehead atoms. The van der Waals surface area contributed by atoms with Gasteiger partial charge < -0.3 is 5.32 Å². The fourth-order valence-electron chi connectivity index (χ4n) is 1.54. The van der Waals surface area contributed by atoms with Crippen LogP contribution in [-0.2, 0) is 0 Å². The van der Waals surface area contributed by atoms with Gasteiger partial charge in [-0.3, -0.25) is 0 Å². The molecule has 1 nitrogen and oxygen atoms in total. The van der Waals surface area contributed by atoms with Crippen LogP contribution in [0.2, 0.25) is 0 Å². The Kier molecular flexibility index (Phi) is 1.54. The average molecular weight is 198 g/mol. The molecule has 2 rings (SSSR count). The van der Waals surface area contributed by atoms with Gasteiger partial charge in [0.05, 0.1) is 6.85 Å². The van der Waals surface area contributed by atoms with Gasteiger partial charge in [-0.25, -0.2) is 4.39 Å². The van der Waals surface area contributed by atoms with E-state index in [2.05, 4.69) is 5.32 Å². The zero-order valence-electron chi connectivity index (χ0n) is 13.1. The molecule has 1 aromatic carbocycles. The van der Waals surface area contributed by atoms with E-state index in [-0.39, 0.29) is 5.56 Å². The average Bonchev–Trinajstić information content (AvgIpc) is 2.38. The zero-order valence-corrected chi connectivity index (χ0v) is 8.08. The van der Waals surface area contributed by atoms with Crippen molar-refractivity contribution in [3.8, 4) is 0 Å². The Labute approximate surface area is 91.4 Å². The van der Waals surface area contributed by atoms with Gasteiger partial charge in [-0.05, 0) is 43.0 Å². The van der Waals surface area contributed by atoms with Gasteiger partial charge in [-0.1, -0.05) is 19.0 Å². The molecule has 0 aromatic heterocycles. The number of nitrogens with one attached hydrogen (secondary N) is 1. The molecule has 1 heterocycles. The molecule has 1 fully saturated rings. The zero-order chi connectivity index (χ0) is 14.4.